The van der Waals surface area contributed by atoms with E-state index < -0.39 is 0 Å². The first-order valence-corrected chi connectivity index (χ1v) is 5.96. The molecule has 0 amide bonds. The molecule has 84 valence electrons. The minimum absolute atomic E-state index is 0.411. The van der Waals surface area contributed by atoms with E-state index in [0.717, 1.165) is 24.7 Å². The van der Waals surface area contributed by atoms with Gasteiger partial charge in [0.1, 0.15) is 11.6 Å². The average Bonchev–Trinajstić information content (AvgIpc) is 2.48. The molecule has 15 heavy (non-hydrogen) atoms. The zero-order chi connectivity index (χ0) is 10.7. The van der Waals surface area contributed by atoms with Gasteiger partial charge >= 0.3 is 0 Å². The van der Waals surface area contributed by atoms with Crippen LogP contribution in [0.25, 0.3) is 0 Å². The molecule has 4 nitrogen and oxygen atoms in total. The van der Waals surface area contributed by atoms with Gasteiger partial charge in [0.05, 0.1) is 6.04 Å². The Labute approximate surface area is 91.1 Å². The summed E-state index contributed by atoms with van der Waals surface area (Å²) in [5, 5.41) is 12.0. The maximum Gasteiger partial charge on any atom is 0.150 e. The predicted molar refractivity (Wildman–Crippen MR) is 59.6 cm³/mol. The van der Waals surface area contributed by atoms with Crippen LogP contribution in [0.3, 0.4) is 0 Å². The topological polar surface area (TPSA) is 42.7 Å². The fraction of sp³-hybridized carbons (Fsp3) is 0.818. The van der Waals surface area contributed by atoms with Crippen molar-refractivity contribution in [3.8, 4) is 0 Å². The van der Waals surface area contributed by atoms with Gasteiger partial charge in [-0.2, -0.15) is 0 Å². The van der Waals surface area contributed by atoms with Crippen molar-refractivity contribution in [2.24, 2.45) is 0 Å². The highest BCUT2D eigenvalue weighted by Gasteiger charge is 2.19. The smallest absolute Gasteiger partial charge is 0.150 e. The van der Waals surface area contributed by atoms with E-state index in [1.807, 2.05) is 6.92 Å². The molecule has 4 heteroatoms. The molecule has 0 saturated carbocycles. The number of nitrogens with zero attached hydrogens (tertiary/aromatic N) is 3. The molecular formula is C11H20N4. The van der Waals surface area contributed by atoms with Crippen LogP contribution in [0.5, 0.6) is 0 Å². The Balaban J connectivity index is 2.19. The summed E-state index contributed by atoms with van der Waals surface area (Å²) in [7, 11) is 0. The van der Waals surface area contributed by atoms with Gasteiger partial charge in [0, 0.05) is 6.54 Å². The second-order valence-electron chi connectivity index (χ2n) is 4.21. The molecule has 1 aliphatic heterocycles. The van der Waals surface area contributed by atoms with E-state index in [1.165, 1.54) is 25.7 Å². The van der Waals surface area contributed by atoms with E-state index in [2.05, 4.69) is 27.0 Å². The monoisotopic (exact) mass is 208 g/mol. The summed E-state index contributed by atoms with van der Waals surface area (Å²) >= 11 is 0. The van der Waals surface area contributed by atoms with E-state index in [4.69, 9.17) is 0 Å². The zero-order valence-electron chi connectivity index (χ0n) is 9.66. The Morgan fingerprint density at radius 3 is 3.00 bits per heavy atom. The van der Waals surface area contributed by atoms with Crippen LogP contribution in [0.4, 0.5) is 0 Å². The Bertz CT molecular complexity index is 310. The second kappa shape index (κ2) is 4.75. The summed E-state index contributed by atoms with van der Waals surface area (Å²) in [4.78, 5) is 0. The molecule has 2 rings (SSSR count). The second-order valence-corrected chi connectivity index (χ2v) is 4.21. The quantitative estimate of drug-likeness (QED) is 0.806. The van der Waals surface area contributed by atoms with Crippen LogP contribution in [0.2, 0.25) is 0 Å². The molecule has 0 bridgehead atoms. The first kappa shape index (κ1) is 10.6. The van der Waals surface area contributed by atoms with Gasteiger partial charge in [0.15, 0.2) is 0 Å². The van der Waals surface area contributed by atoms with E-state index in [0.29, 0.717) is 6.04 Å². The first-order chi connectivity index (χ1) is 7.33. The van der Waals surface area contributed by atoms with E-state index in [-0.39, 0.29) is 0 Å². The Morgan fingerprint density at radius 2 is 2.20 bits per heavy atom. The molecule has 0 spiro atoms. The molecule has 1 saturated heterocycles. The van der Waals surface area contributed by atoms with E-state index in [1.54, 1.807) is 0 Å². The summed E-state index contributed by atoms with van der Waals surface area (Å²) in [5.41, 5.74) is 0. The lowest BCUT2D eigenvalue weighted by Gasteiger charge is -2.15. The SMILES string of the molecule is CCn1c(C)nnc1C1CCCCCN1. The lowest BCUT2D eigenvalue weighted by Crippen LogP contribution is -2.24. The maximum atomic E-state index is 4.30. The van der Waals surface area contributed by atoms with Crippen LogP contribution >= 0.6 is 0 Å². The third-order valence-corrected chi connectivity index (χ3v) is 3.15. The van der Waals surface area contributed by atoms with Gasteiger partial charge in [0.25, 0.3) is 0 Å². The van der Waals surface area contributed by atoms with Crippen molar-refractivity contribution in [2.45, 2.75) is 52.1 Å². The summed E-state index contributed by atoms with van der Waals surface area (Å²) < 4.78 is 2.21. The number of rotatable bonds is 2. The van der Waals surface area contributed by atoms with Crippen LogP contribution in [0.15, 0.2) is 0 Å². The molecule has 1 aromatic rings. The molecule has 1 unspecified atom stereocenters. The number of aromatic nitrogens is 3. The van der Waals surface area contributed by atoms with Gasteiger partial charge in [0.2, 0.25) is 0 Å². The van der Waals surface area contributed by atoms with Crippen molar-refractivity contribution in [1.82, 2.24) is 20.1 Å². The molecule has 2 heterocycles. The molecule has 1 N–H and O–H groups in total. The zero-order valence-corrected chi connectivity index (χ0v) is 9.66. The standard InChI is InChI=1S/C11H20N4/c1-3-15-9(2)13-14-11(15)10-7-5-4-6-8-12-10/h10,12H,3-8H2,1-2H3. The Morgan fingerprint density at radius 1 is 1.33 bits per heavy atom. The Kier molecular flexibility index (Phi) is 3.36. The number of nitrogens with one attached hydrogen (secondary N) is 1. The van der Waals surface area contributed by atoms with Gasteiger partial charge < -0.3 is 9.88 Å². The largest absolute Gasteiger partial charge is 0.314 e. The van der Waals surface area contributed by atoms with Gasteiger partial charge in [-0.25, -0.2) is 0 Å². The molecule has 0 aliphatic carbocycles. The van der Waals surface area contributed by atoms with Crippen LogP contribution in [-0.4, -0.2) is 21.3 Å². The summed E-state index contributed by atoms with van der Waals surface area (Å²) in [6.07, 6.45) is 5.11. The highest BCUT2D eigenvalue weighted by atomic mass is 15.3. The van der Waals surface area contributed by atoms with Gasteiger partial charge in [-0.05, 0) is 33.2 Å². The van der Waals surface area contributed by atoms with E-state index >= 15 is 0 Å². The molecule has 1 fully saturated rings. The third kappa shape index (κ3) is 2.20. The van der Waals surface area contributed by atoms with Crippen molar-refractivity contribution in [2.75, 3.05) is 6.54 Å². The van der Waals surface area contributed by atoms with Crippen LogP contribution in [-0.2, 0) is 6.54 Å². The van der Waals surface area contributed by atoms with Gasteiger partial charge in [-0.1, -0.05) is 12.8 Å². The van der Waals surface area contributed by atoms with Gasteiger partial charge in [-0.3, -0.25) is 0 Å². The average molecular weight is 208 g/mol. The highest BCUT2D eigenvalue weighted by molar-refractivity contribution is 5.00. The highest BCUT2D eigenvalue weighted by Crippen LogP contribution is 2.21. The van der Waals surface area contributed by atoms with Crippen LogP contribution in [0.1, 0.15) is 50.3 Å². The lowest BCUT2D eigenvalue weighted by atomic mass is 10.1. The minimum atomic E-state index is 0.411. The Hall–Kier alpha value is -0.900. The minimum Gasteiger partial charge on any atom is -0.314 e. The number of hydrogen-bond acceptors (Lipinski definition) is 3. The third-order valence-electron chi connectivity index (χ3n) is 3.15. The summed E-state index contributed by atoms with van der Waals surface area (Å²) in [6, 6.07) is 0.411. The van der Waals surface area contributed by atoms with Gasteiger partial charge in [-0.15, -0.1) is 10.2 Å². The predicted octanol–water partition coefficient (Wildman–Crippen LogP) is 1.81. The normalized spacial score (nSPS) is 22.7. The number of hydrogen-bond donors (Lipinski definition) is 1. The molecular weight excluding hydrogens is 188 g/mol. The lowest BCUT2D eigenvalue weighted by molar-refractivity contribution is 0.480. The van der Waals surface area contributed by atoms with Crippen LogP contribution in [0, 0.1) is 6.92 Å². The van der Waals surface area contributed by atoms with Crippen molar-refractivity contribution < 1.29 is 0 Å². The van der Waals surface area contributed by atoms with Crippen molar-refractivity contribution in [3.63, 3.8) is 0 Å². The molecule has 1 atom stereocenters. The molecule has 0 radical (unpaired) electrons. The molecule has 0 aromatic carbocycles. The molecule has 1 aromatic heterocycles. The van der Waals surface area contributed by atoms with E-state index in [9.17, 15) is 0 Å². The maximum absolute atomic E-state index is 4.30. The van der Waals surface area contributed by atoms with Crippen molar-refractivity contribution in [3.05, 3.63) is 11.6 Å². The van der Waals surface area contributed by atoms with Crippen LogP contribution < -0.4 is 5.32 Å². The fourth-order valence-electron chi connectivity index (χ4n) is 2.29. The summed E-state index contributed by atoms with van der Waals surface area (Å²) in [6.45, 7) is 6.25. The summed E-state index contributed by atoms with van der Waals surface area (Å²) in [5.74, 6) is 2.15. The fourth-order valence-corrected chi connectivity index (χ4v) is 2.29. The first-order valence-electron chi connectivity index (χ1n) is 5.96. The van der Waals surface area contributed by atoms with Crippen molar-refractivity contribution in [1.29, 1.82) is 0 Å². The van der Waals surface area contributed by atoms with Crippen molar-refractivity contribution >= 4 is 0 Å². The molecule has 1 aliphatic rings. The number of aryl methyl sites for hydroxylation is 1.